The standard InChI is InChI=1S/C16H22FN3O/c1-4-7-18-15(8-12-10-19-20(2)11-12)13-5-6-16(21-3)14(17)9-13/h5-6,9-11,15,18H,4,7-8H2,1-3H3. The summed E-state index contributed by atoms with van der Waals surface area (Å²) in [5.74, 6) is -0.0566. The van der Waals surface area contributed by atoms with Crippen LogP contribution in [0.3, 0.4) is 0 Å². The van der Waals surface area contributed by atoms with E-state index in [1.54, 1.807) is 16.8 Å². The van der Waals surface area contributed by atoms with Gasteiger partial charge in [-0.25, -0.2) is 4.39 Å². The van der Waals surface area contributed by atoms with Gasteiger partial charge in [-0.15, -0.1) is 0 Å². The molecule has 0 saturated heterocycles. The summed E-state index contributed by atoms with van der Waals surface area (Å²) >= 11 is 0. The minimum absolute atomic E-state index is 0.0644. The molecule has 4 nitrogen and oxygen atoms in total. The Morgan fingerprint density at radius 2 is 2.24 bits per heavy atom. The van der Waals surface area contributed by atoms with Crippen molar-refractivity contribution in [2.45, 2.75) is 25.8 Å². The van der Waals surface area contributed by atoms with E-state index in [0.717, 1.165) is 30.5 Å². The van der Waals surface area contributed by atoms with E-state index >= 15 is 0 Å². The summed E-state index contributed by atoms with van der Waals surface area (Å²) in [4.78, 5) is 0. The molecule has 0 aliphatic carbocycles. The minimum atomic E-state index is -0.329. The van der Waals surface area contributed by atoms with Crippen LogP contribution in [0.4, 0.5) is 4.39 Å². The molecular weight excluding hydrogens is 269 g/mol. The van der Waals surface area contributed by atoms with Crippen LogP contribution >= 0.6 is 0 Å². The summed E-state index contributed by atoms with van der Waals surface area (Å²) in [6.45, 7) is 3.00. The second-order valence-corrected chi connectivity index (χ2v) is 5.13. The van der Waals surface area contributed by atoms with Gasteiger partial charge in [0, 0.05) is 19.3 Å². The zero-order valence-corrected chi connectivity index (χ0v) is 12.8. The summed E-state index contributed by atoms with van der Waals surface area (Å²) in [6.07, 6.45) is 5.64. The van der Waals surface area contributed by atoms with Crippen LogP contribution in [0.2, 0.25) is 0 Å². The Kier molecular flexibility index (Phi) is 5.33. The number of hydrogen-bond donors (Lipinski definition) is 1. The summed E-state index contributed by atoms with van der Waals surface area (Å²) in [6, 6.07) is 5.19. The van der Waals surface area contributed by atoms with Gasteiger partial charge in [0.25, 0.3) is 0 Å². The van der Waals surface area contributed by atoms with Gasteiger partial charge < -0.3 is 10.1 Å². The lowest BCUT2D eigenvalue weighted by Gasteiger charge is -2.19. The highest BCUT2D eigenvalue weighted by Crippen LogP contribution is 2.24. The Morgan fingerprint density at radius 3 is 2.81 bits per heavy atom. The lowest BCUT2D eigenvalue weighted by atomic mass is 10.00. The summed E-state index contributed by atoms with van der Waals surface area (Å²) in [5.41, 5.74) is 2.05. The molecule has 1 aromatic carbocycles. The molecule has 0 aliphatic heterocycles. The van der Waals surface area contributed by atoms with E-state index in [1.165, 1.54) is 7.11 Å². The van der Waals surface area contributed by atoms with E-state index in [0.29, 0.717) is 0 Å². The second kappa shape index (κ2) is 7.22. The molecule has 2 rings (SSSR count). The Hall–Kier alpha value is -1.88. The lowest BCUT2D eigenvalue weighted by molar-refractivity contribution is 0.385. The van der Waals surface area contributed by atoms with Gasteiger partial charge in [0.1, 0.15) is 0 Å². The number of aromatic nitrogens is 2. The normalized spacial score (nSPS) is 12.4. The highest BCUT2D eigenvalue weighted by Gasteiger charge is 2.15. The average Bonchev–Trinajstić information content (AvgIpc) is 2.88. The number of nitrogens with one attached hydrogen (secondary N) is 1. The van der Waals surface area contributed by atoms with Gasteiger partial charge in [-0.3, -0.25) is 4.68 Å². The molecule has 2 aromatic rings. The highest BCUT2D eigenvalue weighted by atomic mass is 19.1. The first-order valence-corrected chi connectivity index (χ1v) is 7.18. The Bertz CT molecular complexity index is 583. The molecule has 5 heteroatoms. The largest absolute Gasteiger partial charge is 0.494 e. The van der Waals surface area contributed by atoms with Gasteiger partial charge in [0.2, 0.25) is 0 Å². The summed E-state index contributed by atoms with van der Waals surface area (Å²) < 4.78 is 20.7. The molecular formula is C16H22FN3O. The first-order valence-electron chi connectivity index (χ1n) is 7.18. The molecule has 0 saturated carbocycles. The van der Waals surface area contributed by atoms with Gasteiger partial charge in [-0.1, -0.05) is 13.0 Å². The molecule has 0 radical (unpaired) electrons. The predicted octanol–water partition coefficient (Wildman–Crippen LogP) is 2.85. The maximum absolute atomic E-state index is 13.9. The zero-order chi connectivity index (χ0) is 15.2. The third-order valence-electron chi connectivity index (χ3n) is 3.42. The Balaban J connectivity index is 2.20. The summed E-state index contributed by atoms with van der Waals surface area (Å²) in [7, 11) is 3.37. The van der Waals surface area contributed by atoms with Crippen LogP contribution in [-0.4, -0.2) is 23.4 Å². The molecule has 0 bridgehead atoms. The van der Waals surface area contributed by atoms with Crippen LogP contribution in [0.1, 0.15) is 30.5 Å². The minimum Gasteiger partial charge on any atom is -0.494 e. The fraction of sp³-hybridized carbons (Fsp3) is 0.438. The predicted molar refractivity (Wildman–Crippen MR) is 80.9 cm³/mol. The molecule has 1 aromatic heterocycles. The third-order valence-corrected chi connectivity index (χ3v) is 3.42. The first kappa shape index (κ1) is 15.5. The topological polar surface area (TPSA) is 39.1 Å². The van der Waals surface area contributed by atoms with Crippen molar-refractivity contribution in [3.05, 3.63) is 47.5 Å². The van der Waals surface area contributed by atoms with Gasteiger partial charge >= 0.3 is 0 Å². The van der Waals surface area contributed by atoms with Crippen LogP contribution < -0.4 is 10.1 Å². The summed E-state index contributed by atoms with van der Waals surface area (Å²) in [5, 5.41) is 7.65. The number of rotatable bonds is 7. The molecule has 1 unspecified atom stereocenters. The van der Waals surface area contributed by atoms with Crippen molar-refractivity contribution in [2.24, 2.45) is 7.05 Å². The monoisotopic (exact) mass is 291 g/mol. The molecule has 0 aliphatic rings. The zero-order valence-electron chi connectivity index (χ0n) is 12.8. The van der Waals surface area contributed by atoms with E-state index < -0.39 is 0 Å². The fourth-order valence-electron chi connectivity index (χ4n) is 2.34. The molecule has 21 heavy (non-hydrogen) atoms. The maximum atomic E-state index is 13.9. The van der Waals surface area contributed by atoms with Gasteiger partial charge in [0.15, 0.2) is 11.6 Å². The number of aryl methyl sites for hydroxylation is 1. The van der Waals surface area contributed by atoms with Crippen molar-refractivity contribution >= 4 is 0 Å². The average molecular weight is 291 g/mol. The third kappa shape index (κ3) is 4.04. The van der Waals surface area contributed by atoms with E-state index in [4.69, 9.17) is 4.74 Å². The quantitative estimate of drug-likeness (QED) is 0.852. The molecule has 114 valence electrons. The van der Waals surface area contributed by atoms with Crippen LogP contribution in [0, 0.1) is 5.82 Å². The number of halogens is 1. The van der Waals surface area contributed by atoms with E-state index in [-0.39, 0.29) is 17.6 Å². The van der Waals surface area contributed by atoms with Crippen molar-refractivity contribution in [3.63, 3.8) is 0 Å². The number of nitrogens with zero attached hydrogens (tertiary/aromatic N) is 2. The van der Waals surface area contributed by atoms with E-state index in [9.17, 15) is 4.39 Å². The van der Waals surface area contributed by atoms with Gasteiger partial charge in [-0.2, -0.15) is 5.10 Å². The smallest absolute Gasteiger partial charge is 0.165 e. The molecule has 1 heterocycles. The first-order chi connectivity index (χ1) is 10.1. The van der Waals surface area contributed by atoms with E-state index in [2.05, 4.69) is 17.3 Å². The van der Waals surface area contributed by atoms with Crippen molar-refractivity contribution in [1.82, 2.24) is 15.1 Å². The van der Waals surface area contributed by atoms with Crippen LogP contribution in [-0.2, 0) is 13.5 Å². The van der Waals surface area contributed by atoms with Crippen molar-refractivity contribution in [3.8, 4) is 5.75 Å². The molecule has 1 atom stereocenters. The fourth-order valence-corrected chi connectivity index (χ4v) is 2.34. The lowest BCUT2D eigenvalue weighted by Crippen LogP contribution is -2.24. The van der Waals surface area contributed by atoms with Crippen LogP contribution in [0.15, 0.2) is 30.6 Å². The number of methoxy groups -OCH3 is 1. The Morgan fingerprint density at radius 1 is 1.43 bits per heavy atom. The second-order valence-electron chi connectivity index (χ2n) is 5.13. The number of hydrogen-bond acceptors (Lipinski definition) is 3. The van der Waals surface area contributed by atoms with Gasteiger partial charge in [-0.05, 0) is 42.6 Å². The Labute approximate surface area is 124 Å². The number of benzene rings is 1. The van der Waals surface area contributed by atoms with E-state index in [1.807, 2.05) is 25.5 Å². The molecule has 0 spiro atoms. The van der Waals surface area contributed by atoms with Crippen LogP contribution in [0.5, 0.6) is 5.75 Å². The van der Waals surface area contributed by atoms with Crippen molar-refractivity contribution in [2.75, 3.05) is 13.7 Å². The van der Waals surface area contributed by atoms with Gasteiger partial charge in [0.05, 0.1) is 13.3 Å². The highest BCUT2D eigenvalue weighted by molar-refractivity contribution is 5.31. The molecule has 0 amide bonds. The number of ether oxygens (including phenoxy) is 1. The van der Waals surface area contributed by atoms with Crippen molar-refractivity contribution in [1.29, 1.82) is 0 Å². The van der Waals surface area contributed by atoms with Crippen molar-refractivity contribution < 1.29 is 9.13 Å². The van der Waals surface area contributed by atoms with Crippen LogP contribution in [0.25, 0.3) is 0 Å². The maximum Gasteiger partial charge on any atom is 0.165 e. The molecule has 1 N–H and O–H groups in total. The molecule has 0 fully saturated rings. The SMILES string of the molecule is CCCNC(Cc1cnn(C)c1)c1ccc(OC)c(F)c1.